The van der Waals surface area contributed by atoms with Gasteiger partial charge in [-0.1, -0.05) is 0 Å². The second-order valence-corrected chi connectivity index (χ2v) is 4.02. The Labute approximate surface area is 113 Å². The molecule has 0 fully saturated rings. The molecule has 0 radical (unpaired) electrons. The lowest BCUT2D eigenvalue weighted by Gasteiger charge is -2.18. The molecule has 0 aliphatic rings. The van der Waals surface area contributed by atoms with Gasteiger partial charge in [0.05, 0.1) is 7.11 Å². The number of anilines is 1. The van der Waals surface area contributed by atoms with Crippen molar-refractivity contribution in [3.8, 4) is 5.75 Å². The first-order valence-electron chi connectivity index (χ1n) is 6.32. The molecule has 2 amide bonds. The lowest BCUT2D eigenvalue weighted by atomic mass is 10.2. The summed E-state index contributed by atoms with van der Waals surface area (Å²) in [6, 6.07) is 6.97. The summed E-state index contributed by atoms with van der Waals surface area (Å²) < 4.78 is 5.03. The van der Waals surface area contributed by atoms with Crippen LogP contribution in [0.4, 0.5) is 5.69 Å². The van der Waals surface area contributed by atoms with Crippen molar-refractivity contribution in [2.75, 3.05) is 25.5 Å². The normalized spacial score (nSPS) is 9.84. The Morgan fingerprint density at radius 1 is 1.16 bits per heavy atom. The van der Waals surface area contributed by atoms with Crippen molar-refractivity contribution in [3.63, 3.8) is 0 Å². The third kappa shape index (κ3) is 4.62. The monoisotopic (exact) mass is 264 g/mol. The number of hydrogen-bond donors (Lipinski definition) is 1. The molecule has 0 saturated heterocycles. The summed E-state index contributed by atoms with van der Waals surface area (Å²) in [5.74, 6) is 0.260. The average molecular weight is 264 g/mol. The highest BCUT2D eigenvalue weighted by atomic mass is 16.5. The Balaban J connectivity index is 2.52. The maximum Gasteiger partial charge on any atom is 0.233 e. The van der Waals surface area contributed by atoms with Crippen molar-refractivity contribution >= 4 is 17.5 Å². The fraction of sp³-hybridized carbons (Fsp3) is 0.429. The summed E-state index contributed by atoms with van der Waals surface area (Å²) in [6.07, 6.45) is -0.131. The van der Waals surface area contributed by atoms with Gasteiger partial charge in [-0.25, -0.2) is 0 Å². The highest BCUT2D eigenvalue weighted by Crippen LogP contribution is 2.15. The van der Waals surface area contributed by atoms with Gasteiger partial charge in [0.1, 0.15) is 12.2 Å². The molecule has 0 heterocycles. The van der Waals surface area contributed by atoms with E-state index in [0.717, 1.165) is 5.75 Å². The number of carbonyl (C=O) groups is 2. The van der Waals surface area contributed by atoms with Crippen molar-refractivity contribution in [2.24, 2.45) is 0 Å². The summed E-state index contributed by atoms with van der Waals surface area (Å²) in [7, 11) is 1.58. The van der Waals surface area contributed by atoms with E-state index in [-0.39, 0.29) is 18.2 Å². The van der Waals surface area contributed by atoms with E-state index in [0.29, 0.717) is 18.8 Å². The lowest BCUT2D eigenvalue weighted by molar-refractivity contribution is -0.134. The van der Waals surface area contributed by atoms with E-state index in [1.807, 2.05) is 13.8 Å². The van der Waals surface area contributed by atoms with Crippen LogP contribution >= 0.6 is 0 Å². The van der Waals surface area contributed by atoms with Crippen LogP contribution in [0.3, 0.4) is 0 Å². The van der Waals surface area contributed by atoms with Crippen LogP contribution in [0.25, 0.3) is 0 Å². The molecule has 0 aliphatic carbocycles. The molecule has 19 heavy (non-hydrogen) atoms. The van der Waals surface area contributed by atoms with Crippen LogP contribution in [0.5, 0.6) is 5.75 Å². The number of rotatable bonds is 6. The third-order valence-corrected chi connectivity index (χ3v) is 2.80. The molecule has 0 aliphatic heterocycles. The van der Waals surface area contributed by atoms with Gasteiger partial charge in [-0.2, -0.15) is 0 Å². The number of hydrogen-bond acceptors (Lipinski definition) is 3. The number of nitrogens with zero attached hydrogens (tertiary/aromatic N) is 1. The van der Waals surface area contributed by atoms with Gasteiger partial charge in [-0.3, -0.25) is 9.59 Å². The molecule has 5 nitrogen and oxygen atoms in total. The van der Waals surface area contributed by atoms with Gasteiger partial charge >= 0.3 is 0 Å². The average Bonchev–Trinajstić information content (AvgIpc) is 2.40. The molecule has 1 rings (SSSR count). The molecule has 0 aromatic heterocycles. The number of amides is 2. The molecule has 0 bridgehead atoms. The Morgan fingerprint density at radius 2 is 1.74 bits per heavy atom. The molecular formula is C14H20N2O3. The summed E-state index contributed by atoms with van der Waals surface area (Å²) in [5, 5.41) is 2.69. The van der Waals surface area contributed by atoms with Crippen molar-refractivity contribution < 1.29 is 14.3 Å². The second kappa shape index (κ2) is 7.41. The fourth-order valence-corrected chi connectivity index (χ4v) is 1.71. The third-order valence-electron chi connectivity index (χ3n) is 2.80. The summed E-state index contributed by atoms with van der Waals surface area (Å²) in [4.78, 5) is 25.1. The van der Waals surface area contributed by atoms with Gasteiger partial charge in [0.2, 0.25) is 11.8 Å². The molecule has 1 aromatic rings. The first-order chi connectivity index (χ1) is 9.10. The predicted octanol–water partition coefficient (Wildman–Crippen LogP) is 1.89. The van der Waals surface area contributed by atoms with Crippen LogP contribution in [0.2, 0.25) is 0 Å². The van der Waals surface area contributed by atoms with E-state index >= 15 is 0 Å². The zero-order valence-electron chi connectivity index (χ0n) is 11.6. The van der Waals surface area contributed by atoms with Crippen molar-refractivity contribution in [1.29, 1.82) is 0 Å². The van der Waals surface area contributed by atoms with Crippen molar-refractivity contribution in [3.05, 3.63) is 24.3 Å². The van der Waals surface area contributed by atoms with Crippen LogP contribution in [-0.2, 0) is 9.59 Å². The van der Waals surface area contributed by atoms with Gasteiger partial charge < -0.3 is 15.0 Å². The molecule has 0 spiro atoms. The quantitative estimate of drug-likeness (QED) is 0.798. The van der Waals surface area contributed by atoms with E-state index in [9.17, 15) is 9.59 Å². The minimum Gasteiger partial charge on any atom is -0.497 e. The Hall–Kier alpha value is -2.04. The Morgan fingerprint density at radius 3 is 2.21 bits per heavy atom. The van der Waals surface area contributed by atoms with E-state index < -0.39 is 0 Å². The first-order valence-corrected chi connectivity index (χ1v) is 6.32. The zero-order valence-corrected chi connectivity index (χ0v) is 11.6. The smallest absolute Gasteiger partial charge is 0.233 e. The van der Waals surface area contributed by atoms with Gasteiger partial charge in [0, 0.05) is 18.8 Å². The summed E-state index contributed by atoms with van der Waals surface area (Å²) in [5.41, 5.74) is 0.651. The number of ether oxygens (including phenoxy) is 1. The maximum absolute atomic E-state index is 11.8. The van der Waals surface area contributed by atoms with E-state index in [2.05, 4.69) is 5.32 Å². The van der Waals surface area contributed by atoms with E-state index in [4.69, 9.17) is 4.74 Å². The molecule has 1 aromatic carbocycles. The van der Waals surface area contributed by atoms with Gasteiger partial charge in [-0.15, -0.1) is 0 Å². The van der Waals surface area contributed by atoms with Crippen LogP contribution in [0.15, 0.2) is 24.3 Å². The van der Waals surface area contributed by atoms with Crippen LogP contribution in [0.1, 0.15) is 20.3 Å². The van der Waals surface area contributed by atoms with Crippen LogP contribution in [-0.4, -0.2) is 36.9 Å². The molecule has 0 saturated carbocycles. The topological polar surface area (TPSA) is 58.6 Å². The standard InChI is InChI=1S/C14H20N2O3/c1-4-16(5-2)14(18)10-13(17)15-11-6-8-12(19-3)9-7-11/h6-9H,4-5,10H2,1-3H3,(H,15,17). The molecule has 0 unspecified atom stereocenters. The number of methoxy groups -OCH3 is 1. The number of benzene rings is 1. The molecule has 0 atom stereocenters. The highest BCUT2D eigenvalue weighted by molar-refractivity contribution is 6.03. The Kier molecular flexibility index (Phi) is 5.85. The minimum absolute atomic E-state index is 0.131. The molecular weight excluding hydrogens is 244 g/mol. The fourth-order valence-electron chi connectivity index (χ4n) is 1.71. The molecule has 1 N–H and O–H groups in total. The predicted molar refractivity (Wildman–Crippen MR) is 74.2 cm³/mol. The van der Waals surface area contributed by atoms with Crippen molar-refractivity contribution in [2.45, 2.75) is 20.3 Å². The summed E-state index contributed by atoms with van der Waals surface area (Å²) in [6.45, 7) is 5.02. The Bertz CT molecular complexity index is 425. The van der Waals surface area contributed by atoms with E-state index in [1.54, 1.807) is 36.3 Å². The van der Waals surface area contributed by atoms with Gasteiger partial charge in [-0.05, 0) is 38.1 Å². The summed E-state index contributed by atoms with van der Waals surface area (Å²) >= 11 is 0. The zero-order chi connectivity index (χ0) is 14.3. The van der Waals surface area contributed by atoms with Crippen molar-refractivity contribution in [1.82, 2.24) is 4.90 Å². The molecule has 5 heteroatoms. The van der Waals surface area contributed by atoms with Crippen LogP contribution in [0, 0.1) is 0 Å². The minimum atomic E-state index is -0.304. The van der Waals surface area contributed by atoms with Gasteiger partial charge in [0.15, 0.2) is 0 Å². The van der Waals surface area contributed by atoms with Gasteiger partial charge in [0.25, 0.3) is 0 Å². The van der Waals surface area contributed by atoms with Crippen LogP contribution < -0.4 is 10.1 Å². The first kappa shape index (κ1) is 15.0. The lowest BCUT2D eigenvalue weighted by Crippen LogP contribution is -2.33. The molecule has 104 valence electrons. The number of carbonyl (C=O) groups excluding carboxylic acids is 2. The highest BCUT2D eigenvalue weighted by Gasteiger charge is 2.14. The van der Waals surface area contributed by atoms with E-state index in [1.165, 1.54) is 0 Å². The second-order valence-electron chi connectivity index (χ2n) is 4.02. The number of nitrogens with one attached hydrogen (secondary N) is 1. The SMILES string of the molecule is CCN(CC)C(=O)CC(=O)Nc1ccc(OC)cc1. The largest absolute Gasteiger partial charge is 0.497 e. The maximum atomic E-state index is 11.8.